The Hall–Kier alpha value is -3.65. The Morgan fingerprint density at radius 2 is 1.76 bits per heavy atom. The molecule has 8 heteroatoms. The van der Waals surface area contributed by atoms with Crippen LogP contribution in [0.5, 0.6) is 11.5 Å². The molecule has 8 nitrogen and oxygen atoms in total. The Morgan fingerprint density at radius 1 is 1.00 bits per heavy atom. The first kappa shape index (κ1) is 24.0. The number of benzene rings is 2. The fourth-order valence-electron chi connectivity index (χ4n) is 3.27. The maximum absolute atomic E-state index is 12.6. The van der Waals surface area contributed by atoms with E-state index in [9.17, 15) is 14.4 Å². The first-order chi connectivity index (χ1) is 15.9. The van der Waals surface area contributed by atoms with Crippen molar-refractivity contribution < 1.29 is 33.0 Å². The normalized spacial score (nSPS) is 10.8. The number of carbonyl (C=O) groups is 2. The Bertz CT molecular complexity index is 1180. The van der Waals surface area contributed by atoms with Crippen LogP contribution < -0.4 is 15.1 Å². The minimum absolute atomic E-state index is 0.119. The maximum Gasteiger partial charge on any atom is 0.336 e. The van der Waals surface area contributed by atoms with Gasteiger partial charge < -0.3 is 23.4 Å². The van der Waals surface area contributed by atoms with Crippen molar-refractivity contribution in [2.24, 2.45) is 0 Å². The summed E-state index contributed by atoms with van der Waals surface area (Å²) in [6, 6.07) is 11.5. The van der Waals surface area contributed by atoms with Gasteiger partial charge in [-0.25, -0.2) is 4.79 Å². The third kappa shape index (κ3) is 6.43. The fourth-order valence-corrected chi connectivity index (χ4v) is 3.27. The van der Waals surface area contributed by atoms with Gasteiger partial charge >= 0.3 is 11.6 Å². The highest BCUT2D eigenvalue weighted by atomic mass is 16.6. The van der Waals surface area contributed by atoms with Crippen LogP contribution in [0.15, 0.2) is 51.7 Å². The van der Waals surface area contributed by atoms with Crippen molar-refractivity contribution in [3.8, 4) is 11.5 Å². The van der Waals surface area contributed by atoms with Crippen molar-refractivity contribution in [1.29, 1.82) is 0 Å². The lowest BCUT2D eigenvalue weighted by Crippen LogP contribution is -2.14. The van der Waals surface area contributed by atoms with Crippen LogP contribution in [0.1, 0.15) is 27.9 Å². The highest BCUT2D eigenvalue weighted by molar-refractivity contribution is 5.97. The number of carbonyl (C=O) groups excluding carboxylic acids is 2. The number of ketones is 1. The van der Waals surface area contributed by atoms with Crippen molar-refractivity contribution >= 4 is 22.7 Å². The summed E-state index contributed by atoms with van der Waals surface area (Å²) < 4.78 is 26.2. The van der Waals surface area contributed by atoms with Gasteiger partial charge in [-0.2, -0.15) is 0 Å². The molecule has 3 rings (SSSR count). The Morgan fingerprint density at radius 3 is 2.45 bits per heavy atom. The number of Topliss-reactive ketones (excluding diaryl/α,β-unsaturated/α-hetero) is 1. The molecule has 0 saturated carbocycles. The third-order valence-electron chi connectivity index (χ3n) is 5.05. The molecule has 0 aliphatic heterocycles. The summed E-state index contributed by atoms with van der Waals surface area (Å²) in [5.41, 5.74) is 1.78. The SMILES string of the molecule is COCCOC(=O)CCc1cc2c(C)cc(=O)oc2cc1OCC(=O)c1ccc(OC)cc1. The number of fused-ring (bicyclic) bond motifs is 1. The van der Waals surface area contributed by atoms with E-state index in [1.165, 1.54) is 13.2 Å². The van der Waals surface area contributed by atoms with Gasteiger partial charge in [0.25, 0.3) is 0 Å². The molecule has 1 heterocycles. The molecule has 0 aliphatic carbocycles. The van der Waals surface area contributed by atoms with Gasteiger partial charge in [0.05, 0.1) is 13.7 Å². The molecule has 0 bridgehead atoms. The molecule has 0 amide bonds. The number of esters is 1. The molecule has 0 unspecified atom stereocenters. The van der Waals surface area contributed by atoms with E-state index in [0.717, 1.165) is 10.9 Å². The molecule has 0 saturated heterocycles. The third-order valence-corrected chi connectivity index (χ3v) is 5.05. The maximum atomic E-state index is 12.6. The quantitative estimate of drug-likeness (QED) is 0.188. The lowest BCUT2D eigenvalue weighted by Gasteiger charge is -2.13. The van der Waals surface area contributed by atoms with Crippen LogP contribution in [0.25, 0.3) is 11.0 Å². The summed E-state index contributed by atoms with van der Waals surface area (Å²) >= 11 is 0. The van der Waals surface area contributed by atoms with E-state index in [-0.39, 0.29) is 31.4 Å². The Balaban J connectivity index is 1.81. The van der Waals surface area contributed by atoms with Crippen molar-refractivity contribution in [1.82, 2.24) is 0 Å². The van der Waals surface area contributed by atoms with E-state index in [1.54, 1.807) is 44.4 Å². The highest BCUT2D eigenvalue weighted by Crippen LogP contribution is 2.29. The van der Waals surface area contributed by atoms with E-state index < -0.39 is 5.63 Å². The zero-order chi connectivity index (χ0) is 23.8. The summed E-state index contributed by atoms with van der Waals surface area (Å²) in [7, 11) is 3.08. The van der Waals surface area contributed by atoms with Crippen molar-refractivity contribution in [3.05, 3.63) is 69.6 Å². The second-order valence-electron chi connectivity index (χ2n) is 7.36. The van der Waals surface area contributed by atoms with Crippen LogP contribution in [0.3, 0.4) is 0 Å². The van der Waals surface area contributed by atoms with Gasteiger partial charge in [0.1, 0.15) is 23.7 Å². The predicted octanol–water partition coefficient (Wildman–Crippen LogP) is 3.49. The van der Waals surface area contributed by atoms with Crippen molar-refractivity contribution in [2.75, 3.05) is 34.0 Å². The molecule has 1 aromatic heterocycles. The molecular formula is C25H26O8. The van der Waals surface area contributed by atoms with Crippen LogP contribution >= 0.6 is 0 Å². The average molecular weight is 454 g/mol. The van der Waals surface area contributed by atoms with E-state index >= 15 is 0 Å². The Labute approximate surface area is 191 Å². The number of hydrogen-bond donors (Lipinski definition) is 0. The van der Waals surface area contributed by atoms with Gasteiger partial charge in [-0.05, 0) is 54.8 Å². The minimum Gasteiger partial charge on any atom is -0.497 e. The molecular weight excluding hydrogens is 428 g/mol. The largest absolute Gasteiger partial charge is 0.497 e. The van der Waals surface area contributed by atoms with Crippen LogP contribution in [0, 0.1) is 6.92 Å². The Kier molecular flexibility index (Phi) is 8.21. The number of aryl methyl sites for hydroxylation is 2. The molecule has 0 N–H and O–H groups in total. The monoisotopic (exact) mass is 454 g/mol. The molecule has 2 aromatic carbocycles. The molecule has 0 spiro atoms. The molecule has 0 radical (unpaired) electrons. The average Bonchev–Trinajstić information content (AvgIpc) is 2.81. The van der Waals surface area contributed by atoms with Gasteiger partial charge in [0.2, 0.25) is 0 Å². The molecule has 0 aliphatic rings. The van der Waals surface area contributed by atoms with Gasteiger partial charge in [0, 0.05) is 36.6 Å². The lowest BCUT2D eigenvalue weighted by molar-refractivity contribution is -0.144. The van der Waals surface area contributed by atoms with Crippen LogP contribution in [0.2, 0.25) is 0 Å². The summed E-state index contributed by atoms with van der Waals surface area (Å²) in [5, 5.41) is 0.728. The van der Waals surface area contributed by atoms with Gasteiger partial charge in [-0.15, -0.1) is 0 Å². The summed E-state index contributed by atoms with van der Waals surface area (Å²) in [4.78, 5) is 36.4. The molecule has 33 heavy (non-hydrogen) atoms. The van der Waals surface area contributed by atoms with Crippen molar-refractivity contribution in [2.45, 2.75) is 19.8 Å². The molecule has 0 fully saturated rings. The van der Waals surface area contributed by atoms with Crippen molar-refractivity contribution in [3.63, 3.8) is 0 Å². The summed E-state index contributed by atoms with van der Waals surface area (Å²) in [6.07, 6.45) is 0.445. The van der Waals surface area contributed by atoms with Crippen LogP contribution in [0.4, 0.5) is 0 Å². The number of rotatable bonds is 11. The summed E-state index contributed by atoms with van der Waals surface area (Å²) in [5.74, 6) is 0.409. The predicted molar refractivity (Wildman–Crippen MR) is 121 cm³/mol. The number of ether oxygens (including phenoxy) is 4. The van der Waals surface area contributed by atoms with Gasteiger partial charge in [-0.1, -0.05) is 0 Å². The fraction of sp³-hybridized carbons (Fsp3) is 0.320. The standard InChI is InChI=1S/C25H26O8/c1-16-12-25(28)33-23-14-22(32-15-21(26)17-4-7-19(30-3)8-5-17)18(13-20(16)23)6-9-24(27)31-11-10-29-2/h4-5,7-8,12-14H,6,9-11,15H2,1-3H3. The summed E-state index contributed by atoms with van der Waals surface area (Å²) in [6.45, 7) is 2.08. The first-order valence-electron chi connectivity index (χ1n) is 10.4. The zero-order valence-corrected chi connectivity index (χ0v) is 18.8. The van der Waals surface area contributed by atoms with E-state index in [4.69, 9.17) is 23.4 Å². The smallest absolute Gasteiger partial charge is 0.336 e. The number of hydrogen-bond acceptors (Lipinski definition) is 8. The van der Waals surface area contributed by atoms with Gasteiger partial charge in [-0.3, -0.25) is 9.59 Å². The van der Waals surface area contributed by atoms with E-state index in [0.29, 0.717) is 41.2 Å². The van der Waals surface area contributed by atoms with Crippen LogP contribution in [-0.2, 0) is 20.7 Å². The van der Waals surface area contributed by atoms with Gasteiger partial charge in [0.15, 0.2) is 12.4 Å². The highest BCUT2D eigenvalue weighted by Gasteiger charge is 2.15. The minimum atomic E-state index is -0.477. The molecule has 3 aromatic rings. The molecule has 174 valence electrons. The van der Waals surface area contributed by atoms with E-state index in [1.807, 2.05) is 6.07 Å². The topological polar surface area (TPSA) is 101 Å². The number of methoxy groups -OCH3 is 2. The van der Waals surface area contributed by atoms with Crippen LogP contribution in [-0.4, -0.2) is 45.8 Å². The molecule has 0 atom stereocenters. The second kappa shape index (κ2) is 11.3. The second-order valence-corrected chi connectivity index (χ2v) is 7.36. The lowest BCUT2D eigenvalue weighted by atomic mass is 10.0. The zero-order valence-electron chi connectivity index (χ0n) is 18.8. The first-order valence-corrected chi connectivity index (χ1v) is 10.4. The van der Waals surface area contributed by atoms with E-state index in [2.05, 4.69) is 0 Å².